The molecule has 3 aromatic rings. The van der Waals surface area contributed by atoms with Gasteiger partial charge in [-0.05, 0) is 23.6 Å². The SMILES string of the molecule is Cn1c(SCc2cc(F)cc3c2OCOC3)nc2ccsc2c1=O. The van der Waals surface area contributed by atoms with E-state index in [1.807, 2.05) is 11.4 Å². The van der Waals surface area contributed by atoms with Crippen molar-refractivity contribution >= 4 is 33.3 Å². The lowest BCUT2D eigenvalue weighted by atomic mass is 10.1. The van der Waals surface area contributed by atoms with Crippen molar-refractivity contribution in [1.82, 2.24) is 9.55 Å². The fourth-order valence-electron chi connectivity index (χ4n) is 2.60. The number of aromatic nitrogens is 2. The molecule has 1 aliphatic heterocycles. The predicted octanol–water partition coefficient (Wildman–Crippen LogP) is 3.29. The van der Waals surface area contributed by atoms with E-state index in [2.05, 4.69) is 4.98 Å². The standard InChI is InChI=1S/C16H13FN2O3S2/c1-19-15(20)14-12(2-3-23-14)18-16(19)24-7-10-5-11(17)4-9-6-21-8-22-13(9)10/h2-5H,6-8H2,1H3. The molecule has 0 aliphatic carbocycles. The maximum absolute atomic E-state index is 13.8. The summed E-state index contributed by atoms with van der Waals surface area (Å²) in [6.07, 6.45) is 0. The zero-order valence-corrected chi connectivity index (χ0v) is 14.4. The molecule has 24 heavy (non-hydrogen) atoms. The largest absolute Gasteiger partial charge is 0.467 e. The van der Waals surface area contributed by atoms with Crippen LogP contribution in [0.15, 0.2) is 33.5 Å². The van der Waals surface area contributed by atoms with E-state index in [1.165, 1.54) is 39.8 Å². The Morgan fingerprint density at radius 3 is 3.21 bits per heavy atom. The van der Waals surface area contributed by atoms with E-state index in [0.29, 0.717) is 39.0 Å². The Bertz CT molecular complexity index is 983. The minimum Gasteiger partial charge on any atom is -0.467 e. The van der Waals surface area contributed by atoms with Crippen molar-refractivity contribution in [2.45, 2.75) is 17.5 Å². The summed E-state index contributed by atoms with van der Waals surface area (Å²) >= 11 is 2.77. The van der Waals surface area contributed by atoms with Crippen molar-refractivity contribution < 1.29 is 13.9 Å². The van der Waals surface area contributed by atoms with Gasteiger partial charge < -0.3 is 9.47 Å². The van der Waals surface area contributed by atoms with Crippen LogP contribution in [0.4, 0.5) is 4.39 Å². The van der Waals surface area contributed by atoms with Crippen LogP contribution in [0.5, 0.6) is 5.75 Å². The molecule has 8 heteroatoms. The van der Waals surface area contributed by atoms with E-state index in [4.69, 9.17) is 9.47 Å². The number of thiophene rings is 1. The summed E-state index contributed by atoms with van der Waals surface area (Å²) in [6, 6.07) is 4.71. The number of halogens is 1. The molecule has 0 saturated heterocycles. The van der Waals surface area contributed by atoms with Crippen molar-refractivity contribution in [3.05, 3.63) is 50.9 Å². The molecule has 0 radical (unpaired) electrons. The predicted molar refractivity (Wildman–Crippen MR) is 91.1 cm³/mol. The second-order valence-corrected chi connectivity index (χ2v) is 7.20. The Balaban J connectivity index is 1.67. The molecule has 3 heterocycles. The van der Waals surface area contributed by atoms with Crippen LogP contribution in [0.1, 0.15) is 11.1 Å². The highest BCUT2D eigenvalue weighted by atomic mass is 32.2. The van der Waals surface area contributed by atoms with Gasteiger partial charge in [-0.15, -0.1) is 11.3 Å². The Labute approximate surface area is 145 Å². The molecule has 0 saturated carbocycles. The van der Waals surface area contributed by atoms with Crippen molar-refractivity contribution in [2.75, 3.05) is 6.79 Å². The monoisotopic (exact) mass is 364 g/mol. The summed E-state index contributed by atoms with van der Waals surface area (Å²) in [5.74, 6) is 0.793. The van der Waals surface area contributed by atoms with Crippen LogP contribution in [0.2, 0.25) is 0 Å². The van der Waals surface area contributed by atoms with E-state index in [0.717, 1.165) is 5.56 Å². The molecule has 2 aromatic heterocycles. The third kappa shape index (κ3) is 2.70. The van der Waals surface area contributed by atoms with E-state index < -0.39 is 0 Å². The second-order valence-electron chi connectivity index (χ2n) is 5.35. The van der Waals surface area contributed by atoms with E-state index in [-0.39, 0.29) is 18.2 Å². The number of ether oxygens (including phenoxy) is 2. The van der Waals surface area contributed by atoms with Crippen LogP contribution >= 0.6 is 23.1 Å². The van der Waals surface area contributed by atoms with E-state index >= 15 is 0 Å². The van der Waals surface area contributed by atoms with Gasteiger partial charge in [0.05, 0.1) is 12.1 Å². The third-order valence-electron chi connectivity index (χ3n) is 3.75. The second kappa shape index (κ2) is 6.19. The number of hydrogen-bond donors (Lipinski definition) is 0. The summed E-state index contributed by atoms with van der Waals surface area (Å²) in [6.45, 7) is 0.496. The molecular formula is C16H13FN2O3S2. The lowest BCUT2D eigenvalue weighted by Crippen LogP contribution is -2.19. The Morgan fingerprint density at radius 1 is 1.46 bits per heavy atom. The van der Waals surface area contributed by atoms with Crippen LogP contribution in [0.25, 0.3) is 10.2 Å². The van der Waals surface area contributed by atoms with Crippen molar-refractivity contribution in [3.8, 4) is 5.75 Å². The fourth-order valence-corrected chi connectivity index (χ4v) is 4.35. The van der Waals surface area contributed by atoms with Crippen LogP contribution in [0, 0.1) is 5.82 Å². The maximum atomic E-state index is 13.8. The lowest BCUT2D eigenvalue weighted by molar-refractivity contribution is -0.0171. The van der Waals surface area contributed by atoms with Gasteiger partial charge in [-0.3, -0.25) is 9.36 Å². The number of thioether (sulfide) groups is 1. The van der Waals surface area contributed by atoms with Gasteiger partial charge in [-0.1, -0.05) is 11.8 Å². The van der Waals surface area contributed by atoms with Crippen LogP contribution in [0.3, 0.4) is 0 Å². The average molecular weight is 364 g/mol. The van der Waals surface area contributed by atoms with Gasteiger partial charge in [0.15, 0.2) is 11.9 Å². The zero-order chi connectivity index (χ0) is 16.7. The number of nitrogens with zero attached hydrogens (tertiary/aromatic N) is 2. The Morgan fingerprint density at radius 2 is 2.33 bits per heavy atom. The smallest absolute Gasteiger partial charge is 0.271 e. The highest BCUT2D eigenvalue weighted by Crippen LogP contribution is 2.33. The molecule has 1 aliphatic rings. The van der Waals surface area contributed by atoms with Crippen molar-refractivity contribution in [3.63, 3.8) is 0 Å². The molecule has 4 rings (SSSR count). The zero-order valence-electron chi connectivity index (χ0n) is 12.7. The summed E-state index contributed by atoms with van der Waals surface area (Å²) < 4.78 is 26.7. The molecule has 0 bridgehead atoms. The highest BCUT2D eigenvalue weighted by Gasteiger charge is 2.18. The Kier molecular flexibility index (Phi) is 4.03. The first-order valence-electron chi connectivity index (χ1n) is 7.22. The normalized spacial score (nSPS) is 13.8. The third-order valence-corrected chi connectivity index (χ3v) is 5.73. The minimum absolute atomic E-state index is 0.0663. The molecule has 0 spiro atoms. The van der Waals surface area contributed by atoms with Gasteiger partial charge in [0.1, 0.15) is 16.3 Å². The van der Waals surface area contributed by atoms with Gasteiger partial charge >= 0.3 is 0 Å². The van der Waals surface area contributed by atoms with Crippen LogP contribution < -0.4 is 10.3 Å². The summed E-state index contributed by atoms with van der Waals surface area (Å²) in [5.41, 5.74) is 2.06. The summed E-state index contributed by atoms with van der Waals surface area (Å²) in [5, 5.41) is 2.44. The first kappa shape index (κ1) is 15.6. The topological polar surface area (TPSA) is 53.4 Å². The Hall–Kier alpha value is -1.90. The molecule has 0 unspecified atom stereocenters. The van der Waals surface area contributed by atoms with E-state index in [9.17, 15) is 9.18 Å². The van der Waals surface area contributed by atoms with E-state index in [1.54, 1.807) is 7.05 Å². The van der Waals surface area contributed by atoms with Crippen molar-refractivity contribution in [1.29, 1.82) is 0 Å². The highest BCUT2D eigenvalue weighted by molar-refractivity contribution is 7.98. The first-order chi connectivity index (χ1) is 11.6. The van der Waals surface area contributed by atoms with Gasteiger partial charge in [0.25, 0.3) is 5.56 Å². The molecule has 0 fully saturated rings. The van der Waals surface area contributed by atoms with Crippen molar-refractivity contribution in [2.24, 2.45) is 7.05 Å². The molecule has 1 aromatic carbocycles. The van der Waals surface area contributed by atoms with Gasteiger partial charge in [0, 0.05) is 23.9 Å². The lowest BCUT2D eigenvalue weighted by Gasteiger charge is -2.20. The number of hydrogen-bond acceptors (Lipinski definition) is 6. The van der Waals surface area contributed by atoms with Gasteiger partial charge in [-0.25, -0.2) is 9.37 Å². The molecule has 124 valence electrons. The molecule has 0 amide bonds. The fraction of sp³-hybridized carbons (Fsp3) is 0.250. The van der Waals surface area contributed by atoms with Gasteiger partial charge in [-0.2, -0.15) is 0 Å². The van der Waals surface area contributed by atoms with Crippen LogP contribution in [-0.2, 0) is 24.1 Å². The first-order valence-corrected chi connectivity index (χ1v) is 9.09. The number of benzene rings is 1. The molecular weight excluding hydrogens is 351 g/mol. The molecule has 0 atom stereocenters. The summed E-state index contributed by atoms with van der Waals surface area (Å²) in [4.78, 5) is 16.8. The summed E-state index contributed by atoms with van der Waals surface area (Å²) in [7, 11) is 1.70. The van der Waals surface area contributed by atoms with Crippen LogP contribution in [-0.4, -0.2) is 16.3 Å². The maximum Gasteiger partial charge on any atom is 0.271 e. The molecule has 0 N–H and O–H groups in total. The van der Waals surface area contributed by atoms with Gasteiger partial charge in [0.2, 0.25) is 0 Å². The average Bonchev–Trinajstić information content (AvgIpc) is 3.05. The number of rotatable bonds is 3. The quantitative estimate of drug-likeness (QED) is 0.527. The molecule has 5 nitrogen and oxygen atoms in total. The number of fused-ring (bicyclic) bond motifs is 2. The minimum atomic E-state index is -0.325.